The first-order valence-electron chi connectivity index (χ1n) is 5.76. The molecule has 18 heavy (non-hydrogen) atoms. The molecule has 1 amide bonds. The molecular weight excluding hydrogens is 232 g/mol. The van der Waals surface area contributed by atoms with Crippen molar-refractivity contribution in [1.82, 2.24) is 9.47 Å². The summed E-state index contributed by atoms with van der Waals surface area (Å²) in [7, 11) is 0. The molecule has 0 aliphatic carbocycles. The SMILES string of the molecule is C=CCN(C(=O)Cn1cccc1C(=O)O)C(C)C. The number of carboxylic acid groups (broad SMARTS) is 1. The smallest absolute Gasteiger partial charge is 0.352 e. The maximum atomic E-state index is 12.1. The topological polar surface area (TPSA) is 62.5 Å². The molecule has 0 aliphatic heterocycles. The molecule has 0 aromatic carbocycles. The first-order chi connectivity index (χ1) is 8.47. The van der Waals surface area contributed by atoms with Gasteiger partial charge in [0, 0.05) is 18.8 Å². The minimum absolute atomic E-state index is 0.0284. The van der Waals surface area contributed by atoms with E-state index in [1.807, 2.05) is 13.8 Å². The van der Waals surface area contributed by atoms with Crippen LogP contribution < -0.4 is 0 Å². The van der Waals surface area contributed by atoms with E-state index in [4.69, 9.17) is 5.11 Å². The second kappa shape index (κ2) is 6.05. The number of carbonyl (C=O) groups excluding carboxylic acids is 1. The van der Waals surface area contributed by atoms with E-state index < -0.39 is 5.97 Å². The van der Waals surface area contributed by atoms with E-state index in [2.05, 4.69) is 6.58 Å². The lowest BCUT2D eigenvalue weighted by atomic mass is 10.3. The first-order valence-corrected chi connectivity index (χ1v) is 5.76. The van der Waals surface area contributed by atoms with Crippen LogP contribution in [0, 0.1) is 0 Å². The molecule has 0 atom stereocenters. The lowest BCUT2D eigenvalue weighted by molar-refractivity contribution is -0.132. The Morgan fingerprint density at radius 2 is 2.22 bits per heavy atom. The zero-order valence-corrected chi connectivity index (χ0v) is 10.7. The highest BCUT2D eigenvalue weighted by Crippen LogP contribution is 2.06. The van der Waals surface area contributed by atoms with Crippen molar-refractivity contribution in [3.05, 3.63) is 36.7 Å². The predicted molar refractivity (Wildman–Crippen MR) is 68.4 cm³/mol. The number of aromatic nitrogens is 1. The molecule has 1 N–H and O–H groups in total. The van der Waals surface area contributed by atoms with Crippen molar-refractivity contribution in [3.8, 4) is 0 Å². The van der Waals surface area contributed by atoms with Crippen LogP contribution in [0.4, 0.5) is 0 Å². The number of nitrogens with zero attached hydrogens (tertiary/aromatic N) is 2. The van der Waals surface area contributed by atoms with Gasteiger partial charge in [0.1, 0.15) is 12.2 Å². The summed E-state index contributed by atoms with van der Waals surface area (Å²) in [5.41, 5.74) is 0.116. The van der Waals surface area contributed by atoms with E-state index in [9.17, 15) is 9.59 Å². The van der Waals surface area contributed by atoms with Gasteiger partial charge in [-0.3, -0.25) is 4.79 Å². The highest BCUT2D eigenvalue weighted by atomic mass is 16.4. The average Bonchev–Trinajstić information content (AvgIpc) is 2.73. The zero-order chi connectivity index (χ0) is 13.7. The van der Waals surface area contributed by atoms with E-state index in [0.29, 0.717) is 6.54 Å². The highest BCUT2D eigenvalue weighted by Gasteiger charge is 2.18. The van der Waals surface area contributed by atoms with Crippen LogP contribution in [0.3, 0.4) is 0 Å². The number of amides is 1. The van der Waals surface area contributed by atoms with Crippen LogP contribution in [0.5, 0.6) is 0 Å². The summed E-state index contributed by atoms with van der Waals surface area (Å²) in [5, 5.41) is 8.96. The Morgan fingerprint density at radius 1 is 1.56 bits per heavy atom. The van der Waals surface area contributed by atoms with Gasteiger partial charge in [0.25, 0.3) is 0 Å². The normalized spacial score (nSPS) is 10.4. The first kappa shape index (κ1) is 14.0. The molecule has 0 saturated carbocycles. The predicted octanol–water partition coefficient (Wildman–Crippen LogP) is 1.61. The summed E-state index contributed by atoms with van der Waals surface area (Å²) in [4.78, 5) is 24.7. The van der Waals surface area contributed by atoms with Gasteiger partial charge >= 0.3 is 5.97 Å². The fourth-order valence-corrected chi connectivity index (χ4v) is 1.72. The third kappa shape index (κ3) is 3.23. The van der Waals surface area contributed by atoms with Gasteiger partial charge < -0.3 is 14.6 Å². The molecule has 1 aromatic heterocycles. The molecule has 0 saturated heterocycles. The molecule has 0 bridgehead atoms. The van der Waals surface area contributed by atoms with E-state index >= 15 is 0 Å². The number of hydrogen-bond acceptors (Lipinski definition) is 2. The van der Waals surface area contributed by atoms with Gasteiger partial charge in [-0.05, 0) is 26.0 Å². The second-order valence-corrected chi connectivity index (χ2v) is 4.26. The van der Waals surface area contributed by atoms with Crippen molar-refractivity contribution in [2.24, 2.45) is 0 Å². The maximum Gasteiger partial charge on any atom is 0.352 e. The molecule has 1 rings (SSSR count). The summed E-state index contributed by atoms with van der Waals surface area (Å²) in [6.45, 7) is 7.92. The summed E-state index contributed by atoms with van der Waals surface area (Å²) in [6, 6.07) is 3.15. The Morgan fingerprint density at radius 3 is 2.72 bits per heavy atom. The average molecular weight is 250 g/mol. The minimum atomic E-state index is -1.03. The fourth-order valence-electron chi connectivity index (χ4n) is 1.72. The van der Waals surface area contributed by atoms with Crippen LogP contribution in [-0.4, -0.2) is 39.0 Å². The number of carboxylic acids is 1. The third-order valence-electron chi connectivity index (χ3n) is 2.62. The molecule has 1 heterocycles. The van der Waals surface area contributed by atoms with Crippen LogP contribution in [-0.2, 0) is 11.3 Å². The van der Waals surface area contributed by atoms with Gasteiger partial charge in [0.2, 0.25) is 5.91 Å². The number of rotatable bonds is 6. The lowest BCUT2D eigenvalue weighted by Crippen LogP contribution is -2.39. The molecule has 5 nitrogen and oxygen atoms in total. The zero-order valence-electron chi connectivity index (χ0n) is 10.7. The molecule has 1 aromatic rings. The third-order valence-corrected chi connectivity index (χ3v) is 2.62. The fraction of sp³-hybridized carbons (Fsp3) is 0.385. The van der Waals surface area contributed by atoms with Crippen LogP contribution in [0.1, 0.15) is 24.3 Å². The van der Waals surface area contributed by atoms with Crippen molar-refractivity contribution in [2.45, 2.75) is 26.4 Å². The quantitative estimate of drug-likeness (QED) is 0.780. The van der Waals surface area contributed by atoms with Crippen molar-refractivity contribution < 1.29 is 14.7 Å². The van der Waals surface area contributed by atoms with Crippen molar-refractivity contribution in [2.75, 3.05) is 6.54 Å². The van der Waals surface area contributed by atoms with Gasteiger partial charge in [-0.15, -0.1) is 6.58 Å². The Bertz CT molecular complexity index is 449. The largest absolute Gasteiger partial charge is 0.477 e. The number of carbonyl (C=O) groups is 2. The molecule has 5 heteroatoms. The van der Waals surface area contributed by atoms with Gasteiger partial charge in [0.05, 0.1) is 0 Å². The Hall–Kier alpha value is -2.04. The highest BCUT2D eigenvalue weighted by molar-refractivity contribution is 5.87. The summed E-state index contributed by atoms with van der Waals surface area (Å²) >= 11 is 0. The summed E-state index contributed by atoms with van der Waals surface area (Å²) in [6.07, 6.45) is 3.25. The second-order valence-electron chi connectivity index (χ2n) is 4.26. The van der Waals surface area contributed by atoms with E-state index in [1.54, 1.807) is 23.2 Å². The van der Waals surface area contributed by atoms with E-state index in [0.717, 1.165) is 0 Å². The van der Waals surface area contributed by atoms with Crippen LogP contribution in [0.2, 0.25) is 0 Å². The van der Waals surface area contributed by atoms with Crippen LogP contribution >= 0.6 is 0 Å². The Balaban J connectivity index is 2.82. The van der Waals surface area contributed by atoms with Crippen LogP contribution in [0.15, 0.2) is 31.0 Å². The molecule has 0 spiro atoms. The van der Waals surface area contributed by atoms with Gasteiger partial charge in [0.15, 0.2) is 0 Å². The molecule has 0 aliphatic rings. The molecular formula is C13H18N2O3. The molecule has 0 unspecified atom stereocenters. The van der Waals surface area contributed by atoms with E-state index in [1.165, 1.54) is 10.6 Å². The summed E-state index contributed by atoms with van der Waals surface area (Å²) < 4.78 is 1.43. The summed E-state index contributed by atoms with van der Waals surface area (Å²) in [5.74, 6) is -1.16. The number of aromatic carboxylic acids is 1. The van der Waals surface area contributed by atoms with E-state index in [-0.39, 0.29) is 24.2 Å². The maximum absolute atomic E-state index is 12.1. The van der Waals surface area contributed by atoms with Gasteiger partial charge in [-0.1, -0.05) is 6.08 Å². The van der Waals surface area contributed by atoms with Gasteiger partial charge in [-0.25, -0.2) is 4.79 Å². The number of hydrogen-bond donors (Lipinski definition) is 1. The lowest BCUT2D eigenvalue weighted by Gasteiger charge is -2.25. The molecule has 0 fully saturated rings. The van der Waals surface area contributed by atoms with Gasteiger partial charge in [-0.2, -0.15) is 0 Å². The van der Waals surface area contributed by atoms with Crippen LogP contribution in [0.25, 0.3) is 0 Å². The molecule has 98 valence electrons. The van der Waals surface area contributed by atoms with Crippen molar-refractivity contribution in [1.29, 1.82) is 0 Å². The minimum Gasteiger partial charge on any atom is -0.477 e. The van der Waals surface area contributed by atoms with Crippen molar-refractivity contribution >= 4 is 11.9 Å². The standard InChI is InChI=1S/C13H18N2O3/c1-4-7-15(10(2)3)12(16)9-14-8-5-6-11(14)13(17)18/h4-6,8,10H,1,7,9H2,2-3H3,(H,17,18). The van der Waals surface area contributed by atoms with Crippen molar-refractivity contribution in [3.63, 3.8) is 0 Å². The Kier molecular flexibility index (Phi) is 4.71. The monoisotopic (exact) mass is 250 g/mol. The Labute approximate surface area is 106 Å². The molecule has 0 radical (unpaired) electrons.